The molecule has 0 bridgehead atoms. The van der Waals surface area contributed by atoms with Crippen molar-refractivity contribution in [1.82, 2.24) is 14.7 Å². The number of hydrogen-bond acceptors (Lipinski definition) is 4. The predicted octanol–water partition coefficient (Wildman–Crippen LogP) is 5.73. The minimum atomic E-state index is -0.186. The Balaban J connectivity index is 1.03. The van der Waals surface area contributed by atoms with Crippen LogP contribution < -0.4 is 15.1 Å². The van der Waals surface area contributed by atoms with E-state index in [2.05, 4.69) is 44.4 Å². The Labute approximate surface area is 227 Å². The maximum absolute atomic E-state index is 13.2. The summed E-state index contributed by atoms with van der Waals surface area (Å²) < 4.78 is 15.0. The number of carbonyl (C=O) groups is 1. The van der Waals surface area contributed by atoms with Crippen molar-refractivity contribution in [3.8, 4) is 0 Å². The number of anilines is 2. The van der Waals surface area contributed by atoms with Crippen LogP contribution in [0.4, 0.5) is 15.8 Å². The average molecular weight is 532 g/mol. The number of nitrogens with one attached hydrogen (secondary N) is 1. The van der Waals surface area contributed by atoms with Crippen molar-refractivity contribution in [3.05, 3.63) is 94.7 Å². The Hall–Kier alpha value is -3.58. The van der Waals surface area contributed by atoms with Gasteiger partial charge >= 0.3 is 0 Å². The summed E-state index contributed by atoms with van der Waals surface area (Å²) in [6, 6.07) is 18.9. The van der Waals surface area contributed by atoms with Gasteiger partial charge in [-0.3, -0.25) is 9.20 Å². The number of pyridine rings is 1. The van der Waals surface area contributed by atoms with E-state index in [1.54, 1.807) is 16.7 Å². The minimum absolute atomic E-state index is 0.155. The van der Waals surface area contributed by atoms with Crippen LogP contribution in [-0.2, 0) is 13.0 Å². The molecule has 1 amide bonds. The lowest BCUT2D eigenvalue weighted by Crippen LogP contribution is -2.60. The number of fused-ring (bicyclic) bond motifs is 1. The van der Waals surface area contributed by atoms with Gasteiger partial charge in [-0.25, -0.2) is 9.37 Å². The maximum Gasteiger partial charge on any atom is 0.270 e. The lowest BCUT2D eigenvalue weighted by molar-refractivity contribution is 0.0944. The molecule has 2 aromatic carbocycles. The second-order valence-electron chi connectivity index (χ2n) is 10.5. The molecule has 2 aromatic heterocycles. The molecule has 6 rings (SSSR count). The fraction of sp³-hybridized carbons (Fsp3) is 0.333. The molecule has 196 valence electrons. The molecule has 0 saturated carbocycles. The summed E-state index contributed by atoms with van der Waals surface area (Å²) in [6.07, 6.45) is 4.72. The van der Waals surface area contributed by atoms with Gasteiger partial charge in [-0.15, -0.1) is 0 Å². The fourth-order valence-electron chi connectivity index (χ4n) is 5.80. The number of nitrogens with zero attached hydrogens (tertiary/aromatic N) is 4. The molecule has 1 spiro atoms. The smallest absolute Gasteiger partial charge is 0.270 e. The highest BCUT2D eigenvalue weighted by Crippen LogP contribution is 2.43. The third-order valence-corrected chi connectivity index (χ3v) is 8.25. The van der Waals surface area contributed by atoms with Gasteiger partial charge < -0.3 is 15.1 Å². The van der Waals surface area contributed by atoms with Gasteiger partial charge in [0.05, 0.1) is 10.7 Å². The summed E-state index contributed by atoms with van der Waals surface area (Å²) in [5.74, 6) is -0.342. The summed E-state index contributed by atoms with van der Waals surface area (Å²) in [5, 5.41) is 3.61. The molecule has 4 heterocycles. The lowest BCUT2D eigenvalue weighted by atomic mass is 9.71. The number of amides is 1. The molecular weight excluding hydrogens is 501 g/mol. The van der Waals surface area contributed by atoms with Gasteiger partial charge in [0.1, 0.15) is 17.2 Å². The molecule has 8 heteroatoms. The molecule has 1 N–H and O–H groups in total. The van der Waals surface area contributed by atoms with E-state index in [0.29, 0.717) is 34.7 Å². The Morgan fingerprint density at radius 2 is 1.63 bits per heavy atom. The first-order valence-electron chi connectivity index (χ1n) is 13.2. The molecule has 38 heavy (non-hydrogen) atoms. The van der Waals surface area contributed by atoms with E-state index in [-0.39, 0.29) is 11.7 Å². The first kappa shape index (κ1) is 24.7. The van der Waals surface area contributed by atoms with Crippen LogP contribution in [0.2, 0.25) is 5.02 Å². The summed E-state index contributed by atoms with van der Waals surface area (Å²) in [6.45, 7) is 6.59. The van der Waals surface area contributed by atoms with E-state index in [0.717, 1.165) is 56.0 Å². The minimum Gasteiger partial charge on any atom is -0.371 e. The third kappa shape index (κ3) is 4.71. The predicted molar refractivity (Wildman–Crippen MR) is 150 cm³/mol. The monoisotopic (exact) mass is 531 g/mol. The fourth-order valence-corrected chi connectivity index (χ4v) is 5.96. The van der Waals surface area contributed by atoms with Gasteiger partial charge in [0, 0.05) is 55.7 Å². The highest BCUT2D eigenvalue weighted by atomic mass is 35.5. The highest BCUT2D eigenvalue weighted by molar-refractivity contribution is 6.30. The van der Waals surface area contributed by atoms with E-state index in [9.17, 15) is 9.18 Å². The first-order chi connectivity index (χ1) is 18.4. The molecule has 0 atom stereocenters. The Morgan fingerprint density at radius 3 is 2.32 bits per heavy atom. The van der Waals surface area contributed by atoms with E-state index in [1.807, 2.05) is 25.1 Å². The van der Waals surface area contributed by atoms with Crippen LogP contribution in [0.25, 0.3) is 5.65 Å². The molecule has 0 unspecified atom stereocenters. The second kappa shape index (κ2) is 9.95. The lowest BCUT2D eigenvalue weighted by Gasteiger charge is -2.55. The van der Waals surface area contributed by atoms with Gasteiger partial charge in [0.25, 0.3) is 5.91 Å². The zero-order chi connectivity index (χ0) is 26.3. The second-order valence-corrected chi connectivity index (χ2v) is 10.9. The summed E-state index contributed by atoms with van der Waals surface area (Å²) in [7, 11) is 0. The first-order valence-corrected chi connectivity index (χ1v) is 13.6. The van der Waals surface area contributed by atoms with Gasteiger partial charge in [-0.2, -0.15) is 0 Å². The molecule has 2 aliphatic heterocycles. The van der Waals surface area contributed by atoms with E-state index >= 15 is 0 Å². The van der Waals surface area contributed by atoms with Gasteiger partial charge in [-0.05, 0) is 73.4 Å². The zero-order valence-electron chi connectivity index (χ0n) is 21.5. The van der Waals surface area contributed by atoms with Crippen LogP contribution in [0.15, 0.2) is 66.9 Å². The van der Waals surface area contributed by atoms with Crippen LogP contribution in [0.3, 0.4) is 0 Å². The Kier molecular flexibility index (Phi) is 6.48. The zero-order valence-corrected chi connectivity index (χ0v) is 22.2. The van der Waals surface area contributed by atoms with Crippen molar-refractivity contribution in [1.29, 1.82) is 0 Å². The molecule has 2 saturated heterocycles. The normalized spacial score (nSPS) is 16.6. The number of carbonyl (C=O) groups excluding carboxylic acids is 1. The summed E-state index contributed by atoms with van der Waals surface area (Å²) >= 11 is 6.17. The SMILES string of the molecule is CCc1nc2ccc(Cl)cn2c1C(=O)NCc1ccc(N2CCC3(CC2)CN(c2ccc(F)cc2)C3)cc1. The molecular formula is C30H31ClFN5O. The van der Waals surface area contributed by atoms with Gasteiger partial charge in [0.15, 0.2) is 0 Å². The molecule has 0 radical (unpaired) electrons. The number of hydrogen-bond donors (Lipinski definition) is 1. The van der Waals surface area contributed by atoms with Crippen LogP contribution in [0.1, 0.15) is 41.5 Å². The standard InChI is InChI=1S/C30H31ClFN5O/c1-2-26-28(37-18-22(31)5-12-27(37)34-26)29(38)33-17-21-3-8-24(9-4-21)35-15-13-30(14-16-35)19-36(20-30)25-10-6-23(32)7-11-25/h3-12,18H,2,13-17,19-20H2,1H3,(H,33,38). The number of benzene rings is 2. The Morgan fingerprint density at radius 1 is 0.974 bits per heavy atom. The maximum atomic E-state index is 13.2. The number of halogens is 2. The molecule has 2 aliphatic rings. The van der Waals surface area contributed by atoms with Crippen LogP contribution in [-0.4, -0.2) is 41.5 Å². The van der Waals surface area contributed by atoms with Gasteiger partial charge in [0.2, 0.25) is 0 Å². The van der Waals surface area contributed by atoms with Crippen molar-refractivity contribution in [2.45, 2.75) is 32.7 Å². The van der Waals surface area contributed by atoms with Crippen molar-refractivity contribution in [2.24, 2.45) is 5.41 Å². The largest absolute Gasteiger partial charge is 0.371 e. The van der Waals surface area contributed by atoms with Crippen LogP contribution in [0.5, 0.6) is 0 Å². The van der Waals surface area contributed by atoms with Crippen molar-refractivity contribution >= 4 is 34.5 Å². The number of imidazole rings is 1. The van der Waals surface area contributed by atoms with Crippen molar-refractivity contribution in [3.63, 3.8) is 0 Å². The highest BCUT2D eigenvalue weighted by Gasteiger charge is 2.44. The van der Waals surface area contributed by atoms with Crippen molar-refractivity contribution < 1.29 is 9.18 Å². The summed E-state index contributed by atoms with van der Waals surface area (Å²) in [5.41, 5.74) is 5.76. The molecule has 2 fully saturated rings. The number of aryl methyl sites for hydroxylation is 1. The van der Waals surface area contributed by atoms with E-state index in [1.165, 1.54) is 17.8 Å². The summed E-state index contributed by atoms with van der Waals surface area (Å²) in [4.78, 5) is 22.5. The average Bonchev–Trinajstić information content (AvgIpc) is 3.29. The van der Waals surface area contributed by atoms with Crippen molar-refractivity contribution in [2.75, 3.05) is 36.0 Å². The number of aromatic nitrogens is 2. The topological polar surface area (TPSA) is 52.9 Å². The number of rotatable bonds is 6. The van der Waals surface area contributed by atoms with Gasteiger partial charge in [-0.1, -0.05) is 30.7 Å². The van der Waals surface area contributed by atoms with Crippen LogP contribution in [0, 0.1) is 11.2 Å². The van der Waals surface area contributed by atoms with E-state index in [4.69, 9.17) is 11.6 Å². The number of piperidine rings is 1. The quantitative estimate of drug-likeness (QED) is 0.345. The Bertz CT molecular complexity index is 1450. The molecule has 0 aliphatic carbocycles. The molecule has 6 nitrogen and oxygen atoms in total. The van der Waals surface area contributed by atoms with Crippen LogP contribution >= 0.6 is 11.6 Å². The molecule has 4 aromatic rings. The third-order valence-electron chi connectivity index (χ3n) is 8.03. The van der Waals surface area contributed by atoms with E-state index < -0.39 is 0 Å².